The van der Waals surface area contributed by atoms with Gasteiger partial charge in [0.25, 0.3) is 5.91 Å². The second kappa shape index (κ2) is 8.57. The molecule has 2 heterocycles. The van der Waals surface area contributed by atoms with Crippen molar-refractivity contribution in [1.82, 2.24) is 19.7 Å². The first-order chi connectivity index (χ1) is 15.0. The van der Waals surface area contributed by atoms with Gasteiger partial charge in [0, 0.05) is 31.3 Å². The molecule has 0 atom stereocenters. The Morgan fingerprint density at radius 1 is 1.10 bits per heavy atom. The van der Waals surface area contributed by atoms with Crippen LogP contribution in [0.1, 0.15) is 22.8 Å². The average molecular weight is 436 g/mol. The lowest BCUT2D eigenvalue weighted by Gasteiger charge is -2.09. The number of hydrogen-bond acceptors (Lipinski definition) is 6. The SMILES string of the molecule is CCOc1cccc(S(=O)(=O)c2ccc(CNC(=O)c3cnc4nccn4c3)cc2)c1. The van der Waals surface area contributed by atoms with Gasteiger partial charge in [-0.2, -0.15) is 0 Å². The molecule has 0 aliphatic carbocycles. The van der Waals surface area contributed by atoms with E-state index < -0.39 is 9.84 Å². The predicted octanol–water partition coefficient (Wildman–Crippen LogP) is 2.89. The van der Waals surface area contributed by atoms with Gasteiger partial charge in [0.15, 0.2) is 0 Å². The Bertz CT molecular complexity index is 1330. The highest BCUT2D eigenvalue weighted by molar-refractivity contribution is 7.91. The highest BCUT2D eigenvalue weighted by Gasteiger charge is 2.18. The van der Waals surface area contributed by atoms with E-state index in [9.17, 15) is 13.2 Å². The lowest BCUT2D eigenvalue weighted by molar-refractivity contribution is 0.0950. The number of benzene rings is 2. The normalized spacial score (nSPS) is 11.4. The number of fused-ring (bicyclic) bond motifs is 1. The van der Waals surface area contributed by atoms with E-state index in [1.807, 2.05) is 6.92 Å². The topological polar surface area (TPSA) is 103 Å². The molecule has 4 aromatic rings. The standard InChI is InChI=1S/C22H20N4O4S/c1-2-30-18-4-3-5-20(12-18)31(28,29)19-8-6-16(7-9-19)13-24-21(27)17-14-25-22-23-10-11-26(22)15-17/h3-12,14-15H,2,13H2,1H3,(H,24,27). The molecule has 158 valence electrons. The molecule has 0 unspecified atom stereocenters. The van der Waals surface area contributed by atoms with Crippen molar-refractivity contribution in [3.8, 4) is 5.75 Å². The highest BCUT2D eigenvalue weighted by Crippen LogP contribution is 2.24. The molecule has 0 saturated carbocycles. The summed E-state index contributed by atoms with van der Waals surface area (Å²) in [6.07, 6.45) is 6.43. The molecular weight excluding hydrogens is 416 g/mol. The quantitative estimate of drug-likeness (QED) is 0.478. The van der Waals surface area contributed by atoms with E-state index in [4.69, 9.17) is 4.74 Å². The number of aromatic nitrogens is 3. The maximum atomic E-state index is 12.9. The van der Waals surface area contributed by atoms with Gasteiger partial charge in [-0.3, -0.25) is 9.20 Å². The molecule has 0 radical (unpaired) electrons. The largest absolute Gasteiger partial charge is 0.494 e. The van der Waals surface area contributed by atoms with E-state index in [0.29, 0.717) is 23.7 Å². The van der Waals surface area contributed by atoms with Gasteiger partial charge in [0.05, 0.1) is 22.0 Å². The monoisotopic (exact) mass is 436 g/mol. The van der Waals surface area contributed by atoms with Crippen LogP contribution in [0, 0.1) is 0 Å². The van der Waals surface area contributed by atoms with Gasteiger partial charge < -0.3 is 10.1 Å². The summed E-state index contributed by atoms with van der Waals surface area (Å²) >= 11 is 0. The second-order valence-electron chi connectivity index (χ2n) is 6.72. The lowest BCUT2D eigenvalue weighted by atomic mass is 10.2. The minimum atomic E-state index is -3.67. The Morgan fingerprint density at radius 2 is 1.90 bits per heavy atom. The Kier molecular flexibility index (Phi) is 5.68. The molecule has 8 nitrogen and oxygen atoms in total. The summed E-state index contributed by atoms with van der Waals surface area (Å²) in [5.74, 6) is 0.735. The predicted molar refractivity (Wildman–Crippen MR) is 114 cm³/mol. The molecule has 9 heteroatoms. The third-order valence-electron chi connectivity index (χ3n) is 4.62. The Hall–Kier alpha value is -3.72. The van der Waals surface area contributed by atoms with Crippen molar-refractivity contribution in [1.29, 1.82) is 0 Å². The Balaban J connectivity index is 1.45. The number of nitrogens with one attached hydrogen (secondary N) is 1. The van der Waals surface area contributed by atoms with Crippen molar-refractivity contribution in [2.24, 2.45) is 0 Å². The fourth-order valence-electron chi connectivity index (χ4n) is 3.04. The van der Waals surface area contributed by atoms with Crippen LogP contribution in [0.4, 0.5) is 0 Å². The molecule has 2 aromatic carbocycles. The summed E-state index contributed by atoms with van der Waals surface area (Å²) in [7, 11) is -3.67. The van der Waals surface area contributed by atoms with Crippen molar-refractivity contribution >= 4 is 21.5 Å². The number of nitrogens with zero attached hydrogens (tertiary/aromatic N) is 3. The third kappa shape index (κ3) is 4.41. The van der Waals surface area contributed by atoms with Crippen LogP contribution in [0.2, 0.25) is 0 Å². The minimum absolute atomic E-state index is 0.168. The highest BCUT2D eigenvalue weighted by atomic mass is 32.2. The first-order valence-corrected chi connectivity index (χ1v) is 11.1. The van der Waals surface area contributed by atoms with Crippen LogP contribution < -0.4 is 10.1 Å². The Labute approximate surface area is 179 Å². The zero-order chi connectivity index (χ0) is 21.8. The summed E-state index contributed by atoms with van der Waals surface area (Å²) in [5.41, 5.74) is 1.17. The number of rotatable bonds is 7. The Morgan fingerprint density at radius 3 is 2.68 bits per heavy atom. The van der Waals surface area contributed by atoms with Gasteiger partial charge in [-0.25, -0.2) is 18.4 Å². The fourth-order valence-corrected chi connectivity index (χ4v) is 4.33. The molecule has 0 aliphatic heterocycles. The van der Waals surface area contributed by atoms with Gasteiger partial charge in [0.2, 0.25) is 15.6 Å². The maximum absolute atomic E-state index is 12.9. The average Bonchev–Trinajstić information content (AvgIpc) is 3.26. The smallest absolute Gasteiger partial charge is 0.254 e. The van der Waals surface area contributed by atoms with Crippen LogP contribution in [0.5, 0.6) is 5.75 Å². The van der Waals surface area contributed by atoms with Crippen molar-refractivity contribution in [2.45, 2.75) is 23.3 Å². The number of sulfone groups is 1. The molecule has 31 heavy (non-hydrogen) atoms. The van der Waals surface area contributed by atoms with E-state index in [1.165, 1.54) is 30.5 Å². The lowest BCUT2D eigenvalue weighted by Crippen LogP contribution is -2.23. The van der Waals surface area contributed by atoms with Gasteiger partial charge in [-0.05, 0) is 42.8 Å². The van der Waals surface area contributed by atoms with E-state index in [-0.39, 0.29) is 22.2 Å². The first kappa shape index (κ1) is 20.5. The third-order valence-corrected chi connectivity index (χ3v) is 6.39. The second-order valence-corrected chi connectivity index (χ2v) is 8.66. The number of amides is 1. The van der Waals surface area contributed by atoms with E-state index in [2.05, 4.69) is 15.3 Å². The van der Waals surface area contributed by atoms with Crippen LogP contribution in [-0.4, -0.2) is 35.3 Å². The number of hydrogen-bond donors (Lipinski definition) is 1. The van der Waals surface area contributed by atoms with E-state index >= 15 is 0 Å². The zero-order valence-corrected chi connectivity index (χ0v) is 17.5. The molecule has 0 spiro atoms. The maximum Gasteiger partial charge on any atom is 0.254 e. The number of ether oxygens (including phenoxy) is 1. The molecule has 1 amide bonds. The van der Waals surface area contributed by atoms with Crippen LogP contribution >= 0.6 is 0 Å². The summed E-state index contributed by atoms with van der Waals surface area (Å²) in [6.45, 7) is 2.54. The minimum Gasteiger partial charge on any atom is -0.494 e. The number of carbonyl (C=O) groups excluding carboxylic acids is 1. The molecule has 0 bridgehead atoms. The van der Waals surface area contributed by atoms with Crippen molar-refractivity contribution in [3.05, 3.63) is 84.4 Å². The molecule has 0 saturated heterocycles. The van der Waals surface area contributed by atoms with Gasteiger partial charge in [-0.15, -0.1) is 0 Å². The molecule has 0 fully saturated rings. The van der Waals surface area contributed by atoms with Crippen molar-refractivity contribution < 1.29 is 17.9 Å². The molecule has 0 aliphatic rings. The van der Waals surface area contributed by atoms with Crippen molar-refractivity contribution in [2.75, 3.05) is 6.61 Å². The van der Waals surface area contributed by atoms with Gasteiger partial charge >= 0.3 is 0 Å². The fraction of sp³-hybridized carbons (Fsp3) is 0.136. The summed E-state index contributed by atoms with van der Waals surface area (Å²) in [6, 6.07) is 12.8. The van der Waals surface area contributed by atoms with Crippen LogP contribution in [0.25, 0.3) is 5.78 Å². The van der Waals surface area contributed by atoms with Gasteiger partial charge in [0.1, 0.15) is 5.75 Å². The molecule has 4 rings (SSSR count). The zero-order valence-electron chi connectivity index (χ0n) is 16.7. The van der Waals surface area contributed by atoms with E-state index in [0.717, 1.165) is 5.56 Å². The molecule has 1 N–H and O–H groups in total. The van der Waals surface area contributed by atoms with E-state index in [1.54, 1.807) is 47.3 Å². The number of imidazole rings is 1. The summed E-state index contributed by atoms with van der Waals surface area (Å²) < 4.78 is 32.9. The molecular formula is C22H20N4O4S. The summed E-state index contributed by atoms with van der Waals surface area (Å²) in [5, 5.41) is 2.80. The number of carbonyl (C=O) groups is 1. The van der Waals surface area contributed by atoms with Crippen molar-refractivity contribution in [3.63, 3.8) is 0 Å². The van der Waals surface area contributed by atoms with Crippen LogP contribution in [0.15, 0.2) is 83.1 Å². The summed E-state index contributed by atoms with van der Waals surface area (Å²) in [4.78, 5) is 20.9. The molecule has 2 aromatic heterocycles. The van der Waals surface area contributed by atoms with Gasteiger partial charge in [-0.1, -0.05) is 18.2 Å². The van der Waals surface area contributed by atoms with Crippen LogP contribution in [-0.2, 0) is 16.4 Å². The first-order valence-electron chi connectivity index (χ1n) is 9.61. The van der Waals surface area contributed by atoms with Crippen LogP contribution in [0.3, 0.4) is 0 Å².